The number of allylic oxidation sites excluding steroid dienone is 1. The van der Waals surface area contributed by atoms with E-state index in [4.69, 9.17) is 4.98 Å². The molecule has 0 radical (unpaired) electrons. The summed E-state index contributed by atoms with van der Waals surface area (Å²) in [7, 11) is 0. The zero-order chi connectivity index (χ0) is 23.7. The van der Waals surface area contributed by atoms with Crippen molar-refractivity contribution in [1.82, 2.24) is 20.1 Å². The summed E-state index contributed by atoms with van der Waals surface area (Å²) in [6, 6.07) is 9.19. The number of fused-ring (bicyclic) bond motifs is 1. The van der Waals surface area contributed by atoms with Crippen LogP contribution in [0.4, 0.5) is 0 Å². The van der Waals surface area contributed by atoms with Gasteiger partial charge < -0.3 is 10.4 Å². The highest BCUT2D eigenvalue weighted by Gasteiger charge is 2.25. The number of aliphatic hydroxyl groups excluding tert-OH is 1. The molecule has 1 aromatic carbocycles. The first-order valence-electron chi connectivity index (χ1n) is 10.9. The quantitative estimate of drug-likeness (QED) is 0.604. The van der Waals surface area contributed by atoms with Gasteiger partial charge >= 0.3 is 0 Å². The number of nitrogens with one attached hydrogen (secondary N) is 1. The molecule has 0 bridgehead atoms. The van der Waals surface area contributed by atoms with Gasteiger partial charge in [0.2, 0.25) is 0 Å². The highest BCUT2D eigenvalue weighted by atomic mass is 16.3. The zero-order valence-electron chi connectivity index (χ0n) is 19.2. The summed E-state index contributed by atoms with van der Waals surface area (Å²) in [5.41, 5.74) is 4.86. The normalized spacial score (nSPS) is 16.2. The Bertz CT molecular complexity index is 1290. The summed E-state index contributed by atoms with van der Waals surface area (Å²) in [6.07, 6.45) is 3.52. The molecule has 0 spiro atoms. The molecular formula is C25H27N5O3. The number of aliphatic imine (C=N–C) groups is 1. The summed E-state index contributed by atoms with van der Waals surface area (Å²) in [6.45, 7) is 7.78. The molecule has 1 aliphatic rings. The van der Waals surface area contributed by atoms with Crippen LogP contribution >= 0.6 is 0 Å². The smallest absolute Gasteiger partial charge is 0.254 e. The van der Waals surface area contributed by atoms with Crippen LogP contribution in [-0.2, 0) is 11.4 Å². The van der Waals surface area contributed by atoms with Gasteiger partial charge in [0.1, 0.15) is 0 Å². The second-order valence-electron chi connectivity index (χ2n) is 8.57. The first kappa shape index (κ1) is 22.5. The third-order valence-electron chi connectivity index (χ3n) is 5.77. The van der Waals surface area contributed by atoms with Crippen molar-refractivity contribution >= 4 is 28.6 Å². The van der Waals surface area contributed by atoms with E-state index in [2.05, 4.69) is 15.4 Å². The van der Waals surface area contributed by atoms with Crippen LogP contribution in [0, 0.1) is 5.92 Å². The molecular weight excluding hydrogens is 418 g/mol. The van der Waals surface area contributed by atoms with Gasteiger partial charge in [-0.2, -0.15) is 5.10 Å². The van der Waals surface area contributed by atoms with E-state index in [9.17, 15) is 14.7 Å². The van der Waals surface area contributed by atoms with E-state index in [1.165, 1.54) is 0 Å². The Balaban J connectivity index is 1.70. The van der Waals surface area contributed by atoms with Gasteiger partial charge in [-0.3, -0.25) is 9.59 Å². The van der Waals surface area contributed by atoms with Crippen molar-refractivity contribution in [2.24, 2.45) is 10.9 Å². The van der Waals surface area contributed by atoms with E-state index in [1.807, 2.05) is 51.1 Å². The van der Waals surface area contributed by atoms with Crippen LogP contribution in [0.5, 0.6) is 0 Å². The number of carbonyl (C=O) groups is 2. The predicted molar refractivity (Wildman–Crippen MR) is 127 cm³/mol. The minimum Gasteiger partial charge on any atom is -0.392 e. The van der Waals surface area contributed by atoms with Crippen molar-refractivity contribution in [1.29, 1.82) is 0 Å². The molecule has 1 aliphatic heterocycles. The van der Waals surface area contributed by atoms with E-state index < -0.39 is 5.92 Å². The molecule has 0 aliphatic carbocycles. The average Bonchev–Trinajstić information content (AvgIpc) is 3.22. The molecule has 0 fully saturated rings. The Morgan fingerprint density at radius 3 is 2.58 bits per heavy atom. The number of carbonyl (C=O) groups excluding carboxylic acids is 2. The second-order valence-corrected chi connectivity index (χ2v) is 8.57. The van der Waals surface area contributed by atoms with Crippen molar-refractivity contribution in [3.8, 4) is 11.3 Å². The van der Waals surface area contributed by atoms with Gasteiger partial charge in [0, 0.05) is 23.9 Å². The van der Waals surface area contributed by atoms with Gasteiger partial charge in [-0.05, 0) is 45.4 Å². The fraction of sp³-hybridized carbons (Fsp3) is 0.320. The molecule has 1 atom stereocenters. The van der Waals surface area contributed by atoms with E-state index in [1.54, 1.807) is 23.9 Å². The fourth-order valence-electron chi connectivity index (χ4n) is 3.96. The SMILES string of the molecule is CC1=CC(C)=NC(=O)C1CNC(=O)c1cc(-c2ccc(CO)cc2)nc2c1cnn2C(C)C. The van der Waals surface area contributed by atoms with Crippen LogP contribution in [0.15, 0.2) is 53.2 Å². The molecule has 3 heterocycles. The standard InChI is InChI=1S/C25H27N5O3/c1-14(2)30-23-21(12-27-30)19(10-22(29-23)18-7-5-17(13-31)6-8-18)24(32)26-11-20-15(3)9-16(4)28-25(20)33/h5-10,12,14,20,31H,11,13H2,1-4H3,(H,26,32). The maximum atomic E-state index is 13.3. The van der Waals surface area contributed by atoms with Gasteiger partial charge in [0.05, 0.1) is 35.4 Å². The lowest BCUT2D eigenvalue weighted by molar-refractivity contribution is -0.120. The number of pyridine rings is 1. The van der Waals surface area contributed by atoms with Gasteiger partial charge in [0.25, 0.3) is 11.8 Å². The first-order valence-corrected chi connectivity index (χ1v) is 10.9. The number of benzene rings is 1. The topological polar surface area (TPSA) is 109 Å². The van der Waals surface area contributed by atoms with E-state index >= 15 is 0 Å². The predicted octanol–water partition coefficient (Wildman–Crippen LogP) is 3.46. The third-order valence-corrected chi connectivity index (χ3v) is 5.77. The minimum atomic E-state index is -0.473. The summed E-state index contributed by atoms with van der Waals surface area (Å²) >= 11 is 0. The van der Waals surface area contributed by atoms with Crippen molar-refractivity contribution < 1.29 is 14.7 Å². The molecule has 3 aromatic rings. The Morgan fingerprint density at radius 2 is 1.94 bits per heavy atom. The van der Waals surface area contributed by atoms with E-state index in [0.29, 0.717) is 28.0 Å². The van der Waals surface area contributed by atoms with Crippen molar-refractivity contribution in [3.05, 3.63) is 59.3 Å². The second kappa shape index (κ2) is 9.07. The summed E-state index contributed by atoms with van der Waals surface area (Å²) in [5.74, 6) is -1.02. The monoisotopic (exact) mass is 445 g/mol. The van der Waals surface area contributed by atoms with Crippen molar-refractivity contribution in [3.63, 3.8) is 0 Å². The van der Waals surface area contributed by atoms with Crippen LogP contribution in [0.3, 0.4) is 0 Å². The van der Waals surface area contributed by atoms with Gasteiger partial charge in [-0.25, -0.2) is 14.7 Å². The highest BCUT2D eigenvalue weighted by molar-refractivity contribution is 6.08. The third kappa shape index (κ3) is 4.47. The number of rotatable bonds is 6. The van der Waals surface area contributed by atoms with Crippen LogP contribution < -0.4 is 5.32 Å². The maximum Gasteiger partial charge on any atom is 0.254 e. The zero-order valence-corrected chi connectivity index (χ0v) is 19.2. The number of aliphatic hydroxyl groups is 1. The molecule has 33 heavy (non-hydrogen) atoms. The number of hydrogen-bond acceptors (Lipinski definition) is 5. The Hall–Kier alpha value is -3.65. The molecule has 1 unspecified atom stereocenters. The number of aromatic nitrogens is 3. The first-order chi connectivity index (χ1) is 15.8. The molecule has 8 nitrogen and oxygen atoms in total. The summed E-state index contributed by atoms with van der Waals surface area (Å²) in [5, 5.41) is 17.3. The fourth-order valence-corrected chi connectivity index (χ4v) is 3.96. The van der Waals surface area contributed by atoms with Crippen LogP contribution in [-0.4, -0.2) is 43.9 Å². The lowest BCUT2D eigenvalue weighted by Gasteiger charge is -2.19. The number of nitrogens with zero attached hydrogens (tertiary/aromatic N) is 4. The molecule has 2 N–H and O–H groups in total. The van der Waals surface area contributed by atoms with Crippen LogP contribution in [0.25, 0.3) is 22.3 Å². The summed E-state index contributed by atoms with van der Waals surface area (Å²) < 4.78 is 1.78. The lowest BCUT2D eigenvalue weighted by Crippen LogP contribution is -2.34. The maximum absolute atomic E-state index is 13.3. The molecule has 2 amide bonds. The van der Waals surface area contributed by atoms with Crippen LogP contribution in [0.2, 0.25) is 0 Å². The van der Waals surface area contributed by atoms with Gasteiger partial charge in [-0.1, -0.05) is 29.8 Å². The molecule has 8 heteroatoms. The number of amides is 2. The Labute approximate surface area is 192 Å². The molecule has 4 rings (SSSR count). The summed E-state index contributed by atoms with van der Waals surface area (Å²) in [4.78, 5) is 34.4. The largest absolute Gasteiger partial charge is 0.392 e. The number of dihydropyridines is 1. The van der Waals surface area contributed by atoms with Gasteiger partial charge in [0.15, 0.2) is 5.65 Å². The van der Waals surface area contributed by atoms with Crippen LogP contribution in [0.1, 0.15) is 49.7 Å². The van der Waals surface area contributed by atoms with E-state index in [0.717, 1.165) is 16.7 Å². The molecule has 0 saturated heterocycles. The molecule has 2 aromatic heterocycles. The van der Waals surface area contributed by atoms with Crippen molar-refractivity contribution in [2.75, 3.05) is 6.54 Å². The molecule has 170 valence electrons. The number of hydrogen-bond donors (Lipinski definition) is 2. The molecule has 0 saturated carbocycles. The lowest BCUT2D eigenvalue weighted by atomic mass is 9.95. The van der Waals surface area contributed by atoms with Gasteiger partial charge in [-0.15, -0.1) is 0 Å². The average molecular weight is 446 g/mol. The Morgan fingerprint density at radius 1 is 1.21 bits per heavy atom. The van der Waals surface area contributed by atoms with Crippen molar-refractivity contribution in [2.45, 2.75) is 40.3 Å². The Kier molecular flexibility index (Phi) is 6.20. The highest BCUT2D eigenvalue weighted by Crippen LogP contribution is 2.27. The van der Waals surface area contributed by atoms with E-state index in [-0.39, 0.29) is 31.0 Å². The minimum absolute atomic E-state index is 0.0438.